The van der Waals surface area contributed by atoms with Gasteiger partial charge in [0.2, 0.25) is 0 Å². The van der Waals surface area contributed by atoms with Gasteiger partial charge in [0.05, 0.1) is 31.5 Å². The molecule has 0 saturated carbocycles. The molecular formula is C20H24O5. The van der Waals surface area contributed by atoms with E-state index in [1.165, 1.54) is 31.9 Å². The van der Waals surface area contributed by atoms with Crippen molar-refractivity contribution in [2.45, 2.75) is 33.3 Å². The monoisotopic (exact) mass is 344 g/mol. The van der Waals surface area contributed by atoms with Crippen molar-refractivity contribution >= 4 is 11.6 Å². The van der Waals surface area contributed by atoms with E-state index in [-0.39, 0.29) is 28.8 Å². The third kappa shape index (κ3) is 3.82. The van der Waals surface area contributed by atoms with Gasteiger partial charge in [0.25, 0.3) is 0 Å². The highest BCUT2D eigenvalue weighted by molar-refractivity contribution is 6.24. The number of rotatable bonds is 7. The summed E-state index contributed by atoms with van der Waals surface area (Å²) in [5.41, 5.74) is 2.36. The van der Waals surface area contributed by atoms with E-state index in [1.54, 1.807) is 6.07 Å². The molecule has 0 amide bonds. The minimum absolute atomic E-state index is 0.242. The third-order valence-electron chi connectivity index (χ3n) is 4.03. The predicted octanol–water partition coefficient (Wildman–Crippen LogP) is 4.07. The fourth-order valence-corrected chi connectivity index (χ4v) is 2.91. The molecule has 0 N–H and O–H groups in total. The summed E-state index contributed by atoms with van der Waals surface area (Å²) >= 11 is 0. The Bertz CT molecular complexity index is 739. The summed E-state index contributed by atoms with van der Waals surface area (Å²) in [4.78, 5) is 24.7. The van der Waals surface area contributed by atoms with E-state index >= 15 is 0 Å². The minimum atomic E-state index is -0.303. The van der Waals surface area contributed by atoms with Gasteiger partial charge in [-0.15, -0.1) is 0 Å². The SMILES string of the molecule is CCOC(CC=C(C)C)c1cc(OC)c2c(c1OC)C(=O)C=CC2=O. The standard InChI is InChI=1S/C20H24O5/c1-6-25-16(10-7-12(2)3)13-11-17(23-4)18-14(21)8-9-15(22)19(18)20(13)24-5/h7-9,11,16H,6,10H2,1-5H3. The molecule has 0 radical (unpaired) electrons. The summed E-state index contributed by atoms with van der Waals surface area (Å²) in [6.07, 6.45) is 4.92. The molecule has 0 aliphatic heterocycles. The average molecular weight is 344 g/mol. The van der Waals surface area contributed by atoms with E-state index < -0.39 is 0 Å². The lowest BCUT2D eigenvalue weighted by Crippen LogP contribution is -2.17. The molecule has 0 saturated heterocycles. The van der Waals surface area contributed by atoms with Crippen molar-refractivity contribution in [2.75, 3.05) is 20.8 Å². The Labute approximate surface area is 148 Å². The molecule has 0 heterocycles. The van der Waals surface area contributed by atoms with Gasteiger partial charge in [0.15, 0.2) is 11.6 Å². The number of methoxy groups -OCH3 is 2. The van der Waals surface area contributed by atoms with Gasteiger partial charge in [-0.3, -0.25) is 9.59 Å². The van der Waals surface area contributed by atoms with Crippen molar-refractivity contribution in [1.29, 1.82) is 0 Å². The zero-order chi connectivity index (χ0) is 18.6. The van der Waals surface area contributed by atoms with Gasteiger partial charge < -0.3 is 14.2 Å². The molecule has 1 atom stereocenters. The van der Waals surface area contributed by atoms with Crippen molar-refractivity contribution in [3.8, 4) is 11.5 Å². The Morgan fingerprint density at radius 1 is 1.08 bits per heavy atom. The van der Waals surface area contributed by atoms with E-state index in [0.717, 1.165) is 0 Å². The molecule has 1 aromatic rings. The van der Waals surface area contributed by atoms with Gasteiger partial charge in [-0.1, -0.05) is 11.6 Å². The molecule has 0 bridgehead atoms. The van der Waals surface area contributed by atoms with Gasteiger partial charge >= 0.3 is 0 Å². The molecule has 25 heavy (non-hydrogen) atoms. The lowest BCUT2D eigenvalue weighted by atomic mass is 9.88. The Morgan fingerprint density at radius 3 is 2.24 bits per heavy atom. The molecule has 0 aromatic heterocycles. The Kier molecular flexibility index (Phi) is 6.15. The molecule has 1 aromatic carbocycles. The first-order valence-electron chi connectivity index (χ1n) is 8.25. The van der Waals surface area contributed by atoms with Crippen LogP contribution in [0.5, 0.6) is 11.5 Å². The van der Waals surface area contributed by atoms with Crippen LogP contribution >= 0.6 is 0 Å². The van der Waals surface area contributed by atoms with Crippen molar-refractivity contribution in [3.63, 3.8) is 0 Å². The molecule has 134 valence electrons. The van der Waals surface area contributed by atoms with Crippen LogP contribution in [0.3, 0.4) is 0 Å². The quantitative estimate of drug-likeness (QED) is 0.698. The summed E-state index contributed by atoms with van der Waals surface area (Å²) in [7, 11) is 2.97. The summed E-state index contributed by atoms with van der Waals surface area (Å²) in [6, 6.07) is 1.74. The lowest BCUT2D eigenvalue weighted by molar-refractivity contribution is 0.0624. The number of ketones is 2. The number of fused-ring (bicyclic) bond motifs is 1. The van der Waals surface area contributed by atoms with Gasteiger partial charge in [-0.25, -0.2) is 0 Å². The normalized spacial score (nSPS) is 14.1. The number of hydrogen-bond acceptors (Lipinski definition) is 5. The van der Waals surface area contributed by atoms with Gasteiger partial charge in [-0.05, 0) is 45.4 Å². The Balaban J connectivity index is 2.69. The number of hydrogen-bond donors (Lipinski definition) is 0. The van der Waals surface area contributed by atoms with Crippen LogP contribution in [0.25, 0.3) is 0 Å². The molecule has 1 unspecified atom stereocenters. The lowest BCUT2D eigenvalue weighted by Gasteiger charge is -2.24. The fourth-order valence-electron chi connectivity index (χ4n) is 2.91. The Morgan fingerprint density at radius 2 is 1.72 bits per heavy atom. The number of allylic oxidation sites excluding steroid dienone is 3. The summed E-state index contributed by atoms with van der Waals surface area (Å²) in [6.45, 7) is 6.45. The highest BCUT2D eigenvalue weighted by Gasteiger charge is 2.31. The highest BCUT2D eigenvalue weighted by atomic mass is 16.5. The molecule has 1 aliphatic carbocycles. The highest BCUT2D eigenvalue weighted by Crippen LogP contribution is 2.41. The van der Waals surface area contributed by atoms with Crippen molar-refractivity contribution in [3.05, 3.63) is 46.6 Å². The maximum absolute atomic E-state index is 12.5. The molecule has 5 nitrogen and oxygen atoms in total. The smallest absolute Gasteiger partial charge is 0.190 e. The van der Waals surface area contributed by atoms with Gasteiger partial charge in [0.1, 0.15) is 11.5 Å². The zero-order valence-electron chi connectivity index (χ0n) is 15.3. The molecule has 2 rings (SSSR count). The van der Waals surface area contributed by atoms with Crippen LogP contribution in [0.4, 0.5) is 0 Å². The van der Waals surface area contributed by atoms with Crippen LogP contribution in [0.1, 0.15) is 59.6 Å². The van der Waals surface area contributed by atoms with Crippen LogP contribution in [0.15, 0.2) is 29.9 Å². The molecule has 0 spiro atoms. The fraction of sp³-hybridized carbons (Fsp3) is 0.400. The number of ether oxygens (including phenoxy) is 3. The third-order valence-corrected chi connectivity index (χ3v) is 4.03. The van der Waals surface area contributed by atoms with Crippen LogP contribution < -0.4 is 9.47 Å². The second-order valence-corrected chi connectivity index (χ2v) is 5.97. The number of carbonyl (C=O) groups excluding carboxylic acids is 2. The molecule has 1 aliphatic rings. The summed E-state index contributed by atoms with van der Waals surface area (Å²) in [5, 5.41) is 0. The first kappa shape index (κ1) is 18.9. The second-order valence-electron chi connectivity index (χ2n) is 5.97. The van der Waals surface area contributed by atoms with Crippen molar-refractivity contribution < 1.29 is 23.8 Å². The van der Waals surface area contributed by atoms with Crippen LogP contribution in [-0.2, 0) is 4.74 Å². The Hall–Kier alpha value is -2.40. The van der Waals surface area contributed by atoms with E-state index in [9.17, 15) is 9.59 Å². The number of carbonyl (C=O) groups is 2. The van der Waals surface area contributed by atoms with E-state index in [4.69, 9.17) is 14.2 Å². The van der Waals surface area contributed by atoms with Crippen LogP contribution in [-0.4, -0.2) is 32.4 Å². The predicted molar refractivity (Wildman–Crippen MR) is 95.8 cm³/mol. The molecule has 5 heteroatoms. The van der Waals surface area contributed by atoms with Crippen LogP contribution in [0, 0.1) is 0 Å². The maximum atomic E-state index is 12.5. The average Bonchev–Trinajstić information content (AvgIpc) is 2.60. The molecule has 0 fully saturated rings. The number of benzene rings is 1. The first-order valence-corrected chi connectivity index (χ1v) is 8.25. The minimum Gasteiger partial charge on any atom is -0.496 e. The van der Waals surface area contributed by atoms with E-state index in [1.807, 2.05) is 20.8 Å². The summed E-state index contributed by atoms with van der Waals surface area (Å²) in [5.74, 6) is 0.187. The first-order chi connectivity index (χ1) is 11.9. The van der Waals surface area contributed by atoms with Gasteiger partial charge in [0, 0.05) is 12.2 Å². The topological polar surface area (TPSA) is 61.8 Å². The molecular weight excluding hydrogens is 320 g/mol. The largest absolute Gasteiger partial charge is 0.496 e. The zero-order valence-corrected chi connectivity index (χ0v) is 15.3. The van der Waals surface area contributed by atoms with E-state index in [0.29, 0.717) is 30.1 Å². The van der Waals surface area contributed by atoms with Gasteiger partial charge in [-0.2, -0.15) is 0 Å². The second kappa shape index (κ2) is 8.12. The van der Waals surface area contributed by atoms with Crippen LogP contribution in [0.2, 0.25) is 0 Å². The van der Waals surface area contributed by atoms with Crippen molar-refractivity contribution in [2.24, 2.45) is 0 Å². The van der Waals surface area contributed by atoms with Crippen molar-refractivity contribution in [1.82, 2.24) is 0 Å². The summed E-state index contributed by atoms with van der Waals surface area (Å²) < 4.78 is 16.8. The van der Waals surface area contributed by atoms with E-state index in [2.05, 4.69) is 6.08 Å². The maximum Gasteiger partial charge on any atom is 0.190 e.